The van der Waals surface area contributed by atoms with E-state index in [1.165, 1.54) is 0 Å². The second kappa shape index (κ2) is 6.74. The molecule has 0 saturated carbocycles. The molecule has 118 valence electrons. The number of amides is 1. The molecule has 0 atom stereocenters. The van der Waals surface area contributed by atoms with Crippen LogP contribution in [0, 0.1) is 0 Å². The maximum atomic E-state index is 12.1. The molecule has 1 aromatic carbocycles. The van der Waals surface area contributed by atoms with Gasteiger partial charge in [-0.2, -0.15) is 0 Å². The fraction of sp³-hybridized carbons (Fsp3) is 0.333. The Balaban J connectivity index is 2.13. The lowest BCUT2D eigenvalue weighted by molar-refractivity contribution is 0.0981. The molecule has 0 saturated heterocycles. The van der Waals surface area contributed by atoms with Gasteiger partial charge in [-0.05, 0) is 37.1 Å². The maximum absolute atomic E-state index is 12.1. The monoisotopic (exact) mass is 321 g/mol. The summed E-state index contributed by atoms with van der Waals surface area (Å²) in [5.41, 5.74) is 1.15. The summed E-state index contributed by atoms with van der Waals surface area (Å²) in [6.45, 7) is 3.58. The molecule has 1 aromatic heterocycles. The van der Waals surface area contributed by atoms with Crippen LogP contribution in [0.2, 0.25) is 0 Å². The number of carbonyl (C=O) groups excluding carboxylic acids is 1. The van der Waals surface area contributed by atoms with Gasteiger partial charge < -0.3 is 4.57 Å². The van der Waals surface area contributed by atoms with Gasteiger partial charge in [-0.1, -0.05) is 13.8 Å². The van der Waals surface area contributed by atoms with Crippen molar-refractivity contribution in [3.63, 3.8) is 0 Å². The summed E-state index contributed by atoms with van der Waals surface area (Å²) < 4.78 is 28.1. The summed E-state index contributed by atoms with van der Waals surface area (Å²) in [4.78, 5) is 16.0. The molecular weight excluding hydrogens is 302 g/mol. The smallest absolute Gasteiger partial charge is 0.264 e. The van der Waals surface area contributed by atoms with Gasteiger partial charge in [0.15, 0.2) is 0 Å². The number of imidazole rings is 1. The number of nitrogens with zero attached hydrogens (tertiary/aromatic N) is 2. The Kier molecular flexibility index (Phi) is 4.97. The minimum Gasteiger partial charge on any atom is -0.306 e. The molecule has 1 heterocycles. The van der Waals surface area contributed by atoms with Crippen LogP contribution in [-0.2, 0) is 10.0 Å². The Bertz CT molecular complexity index is 718. The molecule has 0 unspecified atom stereocenters. The first kappa shape index (κ1) is 16.2. The Hall–Kier alpha value is -2.15. The number of sulfonamides is 1. The van der Waals surface area contributed by atoms with E-state index in [4.69, 9.17) is 0 Å². The summed E-state index contributed by atoms with van der Waals surface area (Å²) in [6.07, 6.45) is 6.03. The van der Waals surface area contributed by atoms with Crippen molar-refractivity contribution in [1.82, 2.24) is 14.3 Å². The third-order valence-corrected chi connectivity index (χ3v) is 5.53. The largest absolute Gasteiger partial charge is 0.306 e. The highest BCUT2D eigenvalue weighted by Gasteiger charge is 2.24. The zero-order chi connectivity index (χ0) is 16.2. The number of benzene rings is 1. The van der Waals surface area contributed by atoms with Gasteiger partial charge in [0.2, 0.25) is 10.0 Å². The van der Waals surface area contributed by atoms with Crippen LogP contribution in [0.3, 0.4) is 0 Å². The Morgan fingerprint density at radius 1 is 1.23 bits per heavy atom. The molecule has 0 bridgehead atoms. The van der Waals surface area contributed by atoms with E-state index in [1.807, 2.05) is 0 Å². The van der Waals surface area contributed by atoms with Gasteiger partial charge in [0.25, 0.3) is 5.91 Å². The molecule has 0 radical (unpaired) electrons. The number of rotatable bonds is 6. The standard InChI is InChI=1S/C15H19N3O3S/c1-3-14(4-2)22(20,21)17-15(19)12-5-7-13(8-6-12)18-10-9-16-11-18/h5-11,14H,3-4H2,1-2H3,(H,17,19). The van der Waals surface area contributed by atoms with E-state index >= 15 is 0 Å². The molecular formula is C15H19N3O3S. The van der Waals surface area contributed by atoms with Crippen molar-refractivity contribution < 1.29 is 13.2 Å². The van der Waals surface area contributed by atoms with Gasteiger partial charge in [0, 0.05) is 23.6 Å². The van der Waals surface area contributed by atoms with Crippen LogP contribution < -0.4 is 4.72 Å². The minimum atomic E-state index is -3.64. The highest BCUT2D eigenvalue weighted by Crippen LogP contribution is 2.12. The predicted molar refractivity (Wildman–Crippen MR) is 84.3 cm³/mol. The van der Waals surface area contributed by atoms with Crippen LogP contribution in [0.4, 0.5) is 0 Å². The van der Waals surface area contributed by atoms with Gasteiger partial charge >= 0.3 is 0 Å². The number of nitrogens with one attached hydrogen (secondary N) is 1. The third-order valence-electron chi connectivity index (χ3n) is 3.52. The number of hydrogen-bond donors (Lipinski definition) is 1. The fourth-order valence-electron chi connectivity index (χ4n) is 2.20. The summed E-state index contributed by atoms with van der Waals surface area (Å²) in [7, 11) is -3.64. The van der Waals surface area contributed by atoms with E-state index in [0.717, 1.165) is 5.69 Å². The Morgan fingerprint density at radius 3 is 2.36 bits per heavy atom. The lowest BCUT2D eigenvalue weighted by Crippen LogP contribution is -2.37. The number of carbonyl (C=O) groups is 1. The molecule has 1 N–H and O–H groups in total. The van der Waals surface area contributed by atoms with Crippen LogP contribution in [0.15, 0.2) is 43.0 Å². The van der Waals surface area contributed by atoms with Crippen molar-refractivity contribution in [1.29, 1.82) is 0 Å². The molecule has 0 aliphatic heterocycles. The van der Waals surface area contributed by atoms with Crippen LogP contribution in [0.5, 0.6) is 0 Å². The molecule has 2 rings (SSSR count). The first-order valence-corrected chi connectivity index (χ1v) is 8.67. The predicted octanol–water partition coefficient (Wildman–Crippen LogP) is 2.12. The molecule has 0 aliphatic rings. The van der Waals surface area contributed by atoms with Crippen LogP contribution in [-0.4, -0.2) is 29.1 Å². The fourth-order valence-corrected chi connectivity index (χ4v) is 3.62. The zero-order valence-corrected chi connectivity index (χ0v) is 13.4. The highest BCUT2D eigenvalue weighted by atomic mass is 32.2. The van der Waals surface area contributed by atoms with E-state index < -0.39 is 21.2 Å². The topological polar surface area (TPSA) is 81.1 Å². The SMILES string of the molecule is CCC(CC)S(=O)(=O)NC(=O)c1ccc(-n2ccnc2)cc1. The molecule has 7 heteroatoms. The normalized spacial score (nSPS) is 11.6. The van der Waals surface area contributed by atoms with E-state index in [1.54, 1.807) is 61.4 Å². The van der Waals surface area contributed by atoms with E-state index in [2.05, 4.69) is 9.71 Å². The van der Waals surface area contributed by atoms with Gasteiger partial charge in [0.05, 0.1) is 11.6 Å². The molecule has 22 heavy (non-hydrogen) atoms. The van der Waals surface area contributed by atoms with Gasteiger partial charge in [-0.15, -0.1) is 0 Å². The van der Waals surface area contributed by atoms with Crippen molar-refractivity contribution in [2.24, 2.45) is 0 Å². The average Bonchev–Trinajstić information content (AvgIpc) is 3.02. The second-order valence-corrected chi connectivity index (χ2v) is 6.89. The quantitative estimate of drug-likeness (QED) is 0.883. The molecule has 0 spiro atoms. The lowest BCUT2D eigenvalue weighted by Gasteiger charge is -2.14. The molecule has 1 amide bonds. The molecule has 0 aliphatic carbocycles. The van der Waals surface area contributed by atoms with Crippen LogP contribution in [0.1, 0.15) is 37.0 Å². The van der Waals surface area contributed by atoms with Gasteiger partial charge in [-0.25, -0.2) is 18.1 Å². The first-order valence-electron chi connectivity index (χ1n) is 7.12. The van der Waals surface area contributed by atoms with Crippen LogP contribution in [0.25, 0.3) is 5.69 Å². The van der Waals surface area contributed by atoms with Gasteiger partial charge in [-0.3, -0.25) is 4.79 Å². The average molecular weight is 321 g/mol. The van der Waals surface area contributed by atoms with Crippen molar-refractivity contribution in [3.8, 4) is 5.69 Å². The van der Waals surface area contributed by atoms with Crippen molar-refractivity contribution in [2.75, 3.05) is 0 Å². The third kappa shape index (κ3) is 3.54. The summed E-state index contributed by atoms with van der Waals surface area (Å²) in [6, 6.07) is 6.65. The van der Waals surface area contributed by atoms with Crippen LogP contribution >= 0.6 is 0 Å². The van der Waals surface area contributed by atoms with Gasteiger partial charge in [0.1, 0.15) is 0 Å². The molecule has 6 nitrogen and oxygen atoms in total. The highest BCUT2D eigenvalue weighted by molar-refractivity contribution is 7.90. The van der Waals surface area contributed by atoms with E-state index in [9.17, 15) is 13.2 Å². The maximum Gasteiger partial charge on any atom is 0.264 e. The van der Waals surface area contributed by atoms with Crippen molar-refractivity contribution in [3.05, 3.63) is 48.5 Å². The van der Waals surface area contributed by atoms with E-state index in [-0.39, 0.29) is 0 Å². The number of aromatic nitrogens is 2. The second-order valence-electron chi connectivity index (χ2n) is 4.93. The Labute approximate surface area is 130 Å². The lowest BCUT2D eigenvalue weighted by atomic mass is 10.2. The first-order chi connectivity index (χ1) is 10.5. The summed E-state index contributed by atoms with van der Waals surface area (Å²) in [5, 5.41) is -0.554. The summed E-state index contributed by atoms with van der Waals surface area (Å²) >= 11 is 0. The van der Waals surface area contributed by atoms with Crippen molar-refractivity contribution >= 4 is 15.9 Å². The summed E-state index contributed by atoms with van der Waals surface area (Å²) in [5.74, 6) is -0.607. The number of hydrogen-bond acceptors (Lipinski definition) is 4. The van der Waals surface area contributed by atoms with Crippen molar-refractivity contribution in [2.45, 2.75) is 31.9 Å². The Morgan fingerprint density at radius 2 is 1.86 bits per heavy atom. The minimum absolute atomic E-state index is 0.304. The zero-order valence-electron chi connectivity index (χ0n) is 12.6. The van der Waals surface area contributed by atoms with E-state index in [0.29, 0.717) is 18.4 Å². The molecule has 0 fully saturated rings. The molecule has 2 aromatic rings.